The van der Waals surface area contributed by atoms with Crippen molar-refractivity contribution in [3.8, 4) is 0 Å². The SMILES string of the molecule is O=C(NCCc1cn2cc(F)ccc2n1)Nc1cccc(Cl)c1. The highest BCUT2D eigenvalue weighted by Gasteiger charge is 2.05. The molecule has 1 aromatic carbocycles. The van der Waals surface area contributed by atoms with Crippen LogP contribution in [0.25, 0.3) is 5.65 Å². The van der Waals surface area contributed by atoms with Crippen molar-refractivity contribution in [2.24, 2.45) is 0 Å². The molecule has 0 radical (unpaired) electrons. The molecule has 3 rings (SSSR count). The van der Waals surface area contributed by atoms with E-state index >= 15 is 0 Å². The van der Waals surface area contributed by atoms with Gasteiger partial charge in [0.05, 0.1) is 5.69 Å². The third-order valence-electron chi connectivity index (χ3n) is 3.21. The third kappa shape index (κ3) is 3.98. The molecule has 0 spiro atoms. The number of hydrogen-bond donors (Lipinski definition) is 2. The van der Waals surface area contributed by atoms with Crippen molar-refractivity contribution in [2.45, 2.75) is 6.42 Å². The zero-order valence-corrected chi connectivity index (χ0v) is 12.8. The Morgan fingerprint density at radius 3 is 2.96 bits per heavy atom. The normalized spacial score (nSPS) is 10.7. The molecule has 0 aliphatic rings. The molecule has 3 aromatic rings. The van der Waals surface area contributed by atoms with E-state index in [0.717, 1.165) is 5.69 Å². The Hall–Kier alpha value is -2.60. The number of fused-ring (bicyclic) bond motifs is 1. The van der Waals surface area contributed by atoms with Crippen LogP contribution in [-0.2, 0) is 6.42 Å². The summed E-state index contributed by atoms with van der Waals surface area (Å²) in [6.07, 6.45) is 3.66. The van der Waals surface area contributed by atoms with E-state index in [9.17, 15) is 9.18 Å². The zero-order chi connectivity index (χ0) is 16.2. The summed E-state index contributed by atoms with van der Waals surface area (Å²) < 4.78 is 14.7. The number of nitrogens with one attached hydrogen (secondary N) is 2. The maximum absolute atomic E-state index is 13.1. The fraction of sp³-hybridized carbons (Fsp3) is 0.125. The molecule has 0 unspecified atom stereocenters. The number of anilines is 1. The van der Waals surface area contributed by atoms with E-state index in [2.05, 4.69) is 15.6 Å². The van der Waals surface area contributed by atoms with Crippen LogP contribution in [0.1, 0.15) is 5.69 Å². The fourth-order valence-corrected chi connectivity index (χ4v) is 2.37. The van der Waals surface area contributed by atoms with Crippen molar-refractivity contribution >= 4 is 29.0 Å². The number of carbonyl (C=O) groups is 1. The fourth-order valence-electron chi connectivity index (χ4n) is 2.18. The van der Waals surface area contributed by atoms with E-state index in [0.29, 0.717) is 29.3 Å². The molecular weight excluding hydrogens is 319 g/mol. The van der Waals surface area contributed by atoms with Crippen LogP contribution in [0.3, 0.4) is 0 Å². The van der Waals surface area contributed by atoms with E-state index in [1.165, 1.54) is 12.3 Å². The first kappa shape index (κ1) is 15.3. The summed E-state index contributed by atoms with van der Waals surface area (Å²) in [6.45, 7) is 0.415. The molecule has 0 saturated carbocycles. The topological polar surface area (TPSA) is 58.4 Å². The van der Waals surface area contributed by atoms with Crippen LogP contribution in [0.4, 0.5) is 14.9 Å². The zero-order valence-electron chi connectivity index (χ0n) is 12.1. The molecule has 0 bridgehead atoms. The second-order valence-electron chi connectivity index (χ2n) is 4.99. The summed E-state index contributed by atoms with van der Waals surface area (Å²) in [5, 5.41) is 5.99. The highest BCUT2D eigenvalue weighted by Crippen LogP contribution is 2.14. The molecule has 23 heavy (non-hydrogen) atoms. The molecule has 5 nitrogen and oxygen atoms in total. The quantitative estimate of drug-likeness (QED) is 0.768. The number of rotatable bonds is 4. The minimum absolute atomic E-state index is 0.318. The van der Waals surface area contributed by atoms with Gasteiger partial charge in [0.2, 0.25) is 0 Å². The van der Waals surface area contributed by atoms with Crippen LogP contribution < -0.4 is 10.6 Å². The molecular formula is C16H14ClFN4O. The third-order valence-corrected chi connectivity index (χ3v) is 3.45. The van der Waals surface area contributed by atoms with E-state index < -0.39 is 0 Å². The number of carbonyl (C=O) groups excluding carboxylic acids is 1. The van der Waals surface area contributed by atoms with Gasteiger partial charge in [-0.05, 0) is 30.3 Å². The van der Waals surface area contributed by atoms with Crippen molar-refractivity contribution in [3.63, 3.8) is 0 Å². The Labute approximate surface area is 137 Å². The molecule has 7 heteroatoms. The Bertz CT molecular complexity index is 849. The van der Waals surface area contributed by atoms with Crippen LogP contribution in [0.5, 0.6) is 0 Å². The largest absolute Gasteiger partial charge is 0.337 e. The summed E-state index contributed by atoms with van der Waals surface area (Å²) in [4.78, 5) is 16.1. The van der Waals surface area contributed by atoms with Gasteiger partial charge in [0.15, 0.2) is 0 Å². The lowest BCUT2D eigenvalue weighted by Gasteiger charge is -2.07. The summed E-state index contributed by atoms with van der Waals surface area (Å²) in [7, 11) is 0. The van der Waals surface area contributed by atoms with Gasteiger partial charge in [-0.15, -0.1) is 0 Å². The molecule has 2 amide bonds. The van der Waals surface area contributed by atoms with E-state index in [1.54, 1.807) is 40.9 Å². The number of pyridine rings is 1. The molecule has 0 atom stereocenters. The first-order valence-corrected chi connectivity index (χ1v) is 7.41. The number of amides is 2. The predicted molar refractivity (Wildman–Crippen MR) is 87.3 cm³/mol. The Morgan fingerprint density at radius 2 is 2.13 bits per heavy atom. The highest BCUT2D eigenvalue weighted by molar-refractivity contribution is 6.30. The molecule has 2 aromatic heterocycles. The highest BCUT2D eigenvalue weighted by atomic mass is 35.5. The Kier molecular flexibility index (Phi) is 4.43. The molecule has 0 fully saturated rings. The maximum Gasteiger partial charge on any atom is 0.319 e. The predicted octanol–water partition coefficient (Wildman–Crippen LogP) is 3.49. The number of imidazole rings is 1. The van der Waals surface area contributed by atoms with Crippen LogP contribution in [-0.4, -0.2) is 22.0 Å². The van der Waals surface area contributed by atoms with Gasteiger partial charge >= 0.3 is 6.03 Å². The average molecular weight is 333 g/mol. The number of benzene rings is 1. The summed E-state index contributed by atoms with van der Waals surface area (Å²) in [6, 6.07) is 9.56. The van der Waals surface area contributed by atoms with E-state index in [4.69, 9.17) is 11.6 Å². The average Bonchev–Trinajstić information content (AvgIpc) is 2.89. The van der Waals surface area contributed by atoms with Gasteiger partial charge in [-0.25, -0.2) is 14.2 Å². The maximum atomic E-state index is 13.1. The van der Waals surface area contributed by atoms with Gasteiger partial charge in [0, 0.05) is 36.1 Å². The van der Waals surface area contributed by atoms with Crippen molar-refractivity contribution in [3.05, 3.63) is 65.3 Å². The molecule has 0 aliphatic carbocycles. The molecule has 2 heterocycles. The monoisotopic (exact) mass is 332 g/mol. The van der Waals surface area contributed by atoms with Crippen LogP contribution in [0.2, 0.25) is 5.02 Å². The van der Waals surface area contributed by atoms with Crippen molar-refractivity contribution < 1.29 is 9.18 Å². The molecule has 2 N–H and O–H groups in total. The number of hydrogen-bond acceptors (Lipinski definition) is 2. The standard InChI is InChI=1S/C16H14ClFN4O/c17-11-2-1-3-13(8-11)21-16(23)19-7-6-14-10-22-9-12(18)4-5-15(22)20-14/h1-5,8-10H,6-7H2,(H2,19,21,23). The number of urea groups is 1. The van der Waals surface area contributed by atoms with E-state index in [1.807, 2.05) is 0 Å². The van der Waals surface area contributed by atoms with Crippen molar-refractivity contribution in [1.82, 2.24) is 14.7 Å². The summed E-state index contributed by atoms with van der Waals surface area (Å²) in [5.74, 6) is -0.319. The van der Waals surface area contributed by atoms with Crippen molar-refractivity contribution in [2.75, 3.05) is 11.9 Å². The lowest BCUT2D eigenvalue weighted by molar-refractivity contribution is 0.252. The lowest BCUT2D eigenvalue weighted by Crippen LogP contribution is -2.30. The van der Waals surface area contributed by atoms with Gasteiger partial charge in [0.1, 0.15) is 11.5 Å². The second-order valence-corrected chi connectivity index (χ2v) is 5.42. The first-order valence-electron chi connectivity index (χ1n) is 7.04. The van der Waals surface area contributed by atoms with Crippen LogP contribution in [0, 0.1) is 5.82 Å². The van der Waals surface area contributed by atoms with Crippen molar-refractivity contribution in [1.29, 1.82) is 0 Å². The molecule has 118 valence electrons. The molecule has 0 saturated heterocycles. The minimum Gasteiger partial charge on any atom is -0.337 e. The van der Waals surface area contributed by atoms with E-state index in [-0.39, 0.29) is 11.8 Å². The van der Waals surface area contributed by atoms with Crippen LogP contribution >= 0.6 is 11.6 Å². The second kappa shape index (κ2) is 6.66. The Morgan fingerprint density at radius 1 is 1.26 bits per heavy atom. The number of aromatic nitrogens is 2. The summed E-state index contributed by atoms with van der Waals surface area (Å²) >= 11 is 5.85. The van der Waals surface area contributed by atoms with Gasteiger partial charge in [-0.3, -0.25) is 0 Å². The molecule has 0 aliphatic heterocycles. The van der Waals surface area contributed by atoms with Crippen LogP contribution in [0.15, 0.2) is 48.8 Å². The van der Waals surface area contributed by atoms with Gasteiger partial charge in [-0.1, -0.05) is 17.7 Å². The summed E-state index contributed by atoms with van der Waals surface area (Å²) in [5.41, 5.74) is 2.07. The number of halogens is 2. The first-order chi connectivity index (χ1) is 11.1. The van der Waals surface area contributed by atoms with Gasteiger partial charge in [0.25, 0.3) is 0 Å². The lowest BCUT2D eigenvalue weighted by atomic mass is 10.3. The van der Waals surface area contributed by atoms with Gasteiger partial charge < -0.3 is 15.0 Å². The van der Waals surface area contributed by atoms with Gasteiger partial charge in [-0.2, -0.15) is 0 Å². The minimum atomic E-state index is -0.319. The number of nitrogens with zero attached hydrogens (tertiary/aromatic N) is 2. The Balaban J connectivity index is 1.52. The smallest absolute Gasteiger partial charge is 0.319 e.